The van der Waals surface area contributed by atoms with Crippen molar-refractivity contribution in [3.63, 3.8) is 0 Å². The van der Waals surface area contributed by atoms with Gasteiger partial charge in [0.25, 0.3) is 0 Å². The topological polar surface area (TPSA) is 37.4 Å². The normalized spacial score (nSPS) is 25.7. The predicted octanol–water partition coefficient (Wildman–Crippen LogP) is 3.76. The predicted molar refractivity (Wildman–Crippen MR) is 86.8 cm³/mol. The summed E-state index contributed by atoms with van der Waals surface area (Å²) in [6.45, 7) is 5.26. The largest absolute Gasteiger partial charge is 0.245 e. The molecule has 2 unspecified atom stereocenters. The molecular weight excluding hydrogens is 390 g/mol. The zero-order chi connectivity index (χ0) is 14.2. The first-order chi connectivity index (χ1) is 8.84. The van der Waals surface area contributed by atoms with Crippen molar-refractivity contribution in [3.05, 3.63) is 14.7 Å². The SMILES string of the molecule is CC1CN(S(=O)(=O)c2cc(CCl)sc2Br)CC(C)S1. The smallest absolute Gasteiger partial charge is 0.207 e. The quantitative estimate of drug-likeness (QED) is 0.720. The first-order valence-corrected chi connectivity index (χ1v) is 10.4. The second-order valence-electron chi connectivity index (χ2n) is 4.56. The van der Waals surface area contributed by atoms with Crippen molar-refractivity contribution < 1.29 is 8.42 Å². The van der Waals surface area contributed by atoms with E-state index < -0.39 is 10.0 Å². The highest BCUT2D eigenvalue weighted by Gasteiger charge is 2.34. The minimum absolute atomic E-state index is 0.323. The number of alkyl halides is 1. The van der Waals surface area contributed by atoms with Crippen LogP contribution in [0.25, 0.3) is 0 Å². The number of nitrogens with zero attached hydrogens (tertiary/aromatic N) is 1. The molecule has 0 spiro atoms. The Morgan fingerprint density at radius 1 is 1.42 bits per heavy atom. The highest BCUT2D eigenvalue weighted by atomic mass is 79.9. The highest BCUT2D eigenvalue weighted by molar-refractivity contribution is 9.11. The number of hydrogen-bond acceptors (Lipinski definition) is 4. The average molecular weight is 405 g/mol. The number of thioether (sulfide) groups is 1. The summed E-state index contributed by atoms with van der Waals surface area (Å²) in [7, 11) is -3.42. The van der Waals surface area contributed by atoms with Crippen LogP contribution < -0.4 is 0 Å². The van der Waals surface area contributed by atoms with Gasteiger partial charge in [0.15, 0.2) is 0 Å². The van der Waals surface area contributed by atoms with Crippen LogP contribution >= 0.6 is 50.6 Å². The number of rotatable bonds is 3. The molecular formula is C11H15BrClNO2S3. The van der Waals surface area contributed by atoms with E-state index in [2.05, 4.69) is 29.8 Å². The molecule has 1 saturated heterocycles. The minimum atomic E-state index is -3.42. The van der Waals surface area contributed by atoms with Gasteiger partial charge in [-0.25, -0.2) is 8.42 Å². The van der Waals surface area contributed by atoms with E-state index in [4.69, 9.17) is 11.6 Å². The molecule has 2 rings (SSSR count). The Balaban J connectivity index is 2.33. The molecule has 0 aromatic carbocycles. The van der Waals surface area contributed by atoms with Crippen LogP contribution in [-0.4, -0.2) is 36.3 Å². The number of sulfonamides is 1. The van der Waals surface area contributed by atoms with Crippen molar-refractivity contribution in [1.29, 1.82) is 0 Å². The Labute approximate surface area is 135 Å². The van der Waals surface area contributed by atoms with Crippen LogP contribution in [0.4, 0.5) is 0 Å². The lowest BCUT2D eigenvalue weighted by molar-refractivity contribution is 0.405. The van der Waals surface area contributed by atoms with E-state index in [1.807, 2.05) is 11.8 Å². The summed E-state index contributed by atoms with van der Waals surface area (Å²) < 4.78 is 27.6. The van der Waals surface area contributed by atoms with Gasteiger partial charge in [-0.15, -0.1) is 22.9 Å². The number of thiophene rings is 1. The lowest BCUT2D eigenvalue weighted by atomic mass is 10.4. The van der Waals surface area contributed by atoms with Gasteiger partial charge in [0, 0.05) is 28.5 Å². The molecule has 1 aromatic heterocycles. The summed E-state index contributed by atoms with van der Waals surface area (Å²) in [5.74, 6) is 0.335. The maximum Gasteiger partial charge on any atom is 0.245 e. The summed E-state index contributed by atoms with van der Waals surface area (Å²) in [4.78, 5) is 1.21. The summed E-state index contributed by atoms with van der Waals surface area (Å²) in [5, 5.41) is 0.645. The molecule has 1 fully saturated rings. The molecule has 0 aliphatic carbocycles. The van der Waals surface area contributed by atoms with Gasteiger partial charge in [-0.05, 0) is 22.0 Å². The Morgan fingerprint density at radius 3 is 2.47 bits per heavy atom. The molecule has 1 aromatic rings. The van der Waals surface area contributed by atoms with Gasteiger partial charge >= 0.3 is 0 Å². The lowest BCUT2D eigenvalue weighted by Crippen LogP contribution is -2.43. The molecule has 0 saturated carbocycles. The van der Waals surface area contributed by atoms with Gasteiger partial charge < -0.3 is 0 Å². The Hall–Kier alpha value is 0.730. The number of hydrogen-bond donors (Lipinski definition) is 0. The molecule has 108 valence electrons. The van der Waals surface area contributed by atoms with Crippen LogP contribution in [0.15, 0.2) is 14.7 Å². The Morgan fingerprint density at radius 2 is 2.00 bits per heavy atom. The molecule has 0 radical (unpaired) electrons. The van der Waals surface area contributed by atoms with Crippen molar-refractivity contribution in [2.75, 3.05) is 13.1 Å². The molecule has 19 heavy (non-hydrogen) atoms. The van der Waals surface area contributed by atoms with Crippen LogP contribution in [0.5, 0.6) is 0 Å². The van der Waals surface area contributed by atoms with E-state index in [1.165, 1.54) is 11.3 Å². The lowest BCUT2D eigenvalue weighted by Gasteiger charge is -2.33. The molecule has 3 nitrogen and oxygen atoms in total. The van der Waals surface area contributed by atoms with E-state index in [0.717, 1.165) is 4.88 Å². The summed E-state index contributed by atoms with van der Waals surface area (Å²) >= 11 is 12.3. The Bertz CT molecular complexity index is 550. The van der Waals surface area contributed by atoms with Crippen LogP contribution in [-0.2, 0) is 15.9 Å². The minimum Gasteiger partial charge on any atom is -0.207 e. The first-order valence-electron chi connectivity index (χ1n) is 5.84. The van der Waals surface area contributed by atoms with E-state index >= 15 is 0 Å². The maximum atomic E-state index is 12.7. The average Bonchev–Trinajstić information content (AvgIpc) is 2.70. The first kappa shape index (κ1) is 16.1. The number of halogens is 2. The standard InChI is InChI=1S/C11H15BrClNO2S3/c1-7-5-14(6-8(2)17-7)19(15,16)10-3-9(4-13)18-11(10)12/h3,7-8H,4-6H2,1-2H3. The zero-order valence-electron chi connectivity index (χ0n) is 10.6. The van der Waals surface area contributed by atoms with Gasteiger partial charge in [-0.2, -0.15) is 16.1 Å². The molecule has 2 heterocycles. The van der Waals surface area contributed by atoms with Crippen molar-refractivity contribution in [2.24, 2.45) is 0 Å². The fourth-order valence-electron chi connectivity index (χ4n) is 2.11. The second kappa shape index (κ2) is 6.23. The third-order valence-corrected chi connectivity index (χ3v) is 8.60. The molecule has 1 aliphatic rings. The van der Waals surface area contributed by atoms with Crippen LogP contribution in [0.2, 0.25) is 0 Å². The fraction of sp³-hybridized carbons (Fsp3) is 0.636. The van der Waals surface area contributed by atoms with Gasteiger partial charge in [0.2, 0.25) is 10.0 Å². The molecule has 0 N–H and O–H groups in total. The third-order valence-electron chi connectivity index (χ3n) is 2.84. The van der Waals surface area contributed by atoms with Crippen molar-refractivity contribution in [1.82, 2.24) is 4.31 Å². The second-order valence-corrected chi connectivity index (χ2v) is 11.1. The summed E-state index contributed by atoms with van der Waals surface area (Å²) in [6.07, 6.45) is 0. The molecule has 8 heteroatoms. The molecule has 2 atom stereocenters. The van der Waals surface area contributed by atoms with Crippen molar-refractivity contribution >= 4 is 60.7 Å². The van der Waals surface area contributed by atoms with Crippen molar-refractivity contribution in [3.8, 4) is 0 Å². The fourth-order valence-corrected chi connectivity index (χ4v) is 7.96. The molecule has 1 aliphatic heterocycles. The Kier molecular flexibility index (Phi) is 5.29. The van der Waals surface area contributed by atoms with Gasteiger partial charge in [-0.3, -0.25) is 0 Å². The van der Waals surface area contributed by atoms with Gasteiger partial charge in [0.05, 0.1) is 9.67 Å². The molecule has 0 amide bonds. The van der Waals surface area contributed by atoms with E-state index in [0.29, 0.717) is 38.2 Å². The van der Waals surface area contributed by atoms with E-state index in [1.54, 1.807) is 10.4 Å². The zero-order valence-corrected chi connectivity index (χ0v) is 15.4. The monoisotopic (exact) mass is 403 g/mol. The highest BCUT2D eigenvalue weighted by Crippen LogP contribution is 2.36. The van der Waals surface area contributed by atoms with E-state index in [9.17, 15) is 8.42 Å². The molecule has 0 bridgehead atoms. The van der Waals surface area contributed by atoms with Gasteiger partial charge in [-0.1, -0.05) is 13.8 Å². The third kappa shape index (κ3) is 3.49. The maximum absolute atomic E-state index is 12.7. The van der Waals surface area contributed by atoms with Crippen LogP contribution in [0, 0.1) is 0 Å². The van der Waals surface area contributed by atoms with Gasteiger partial charge in [0.1, 0.15) is 4.90 Å². The van der Waals surface area contributed by atoms with Crippen LogP contribution in [0.1, 0.15) is 18.7 Å². The summed E-state index contributed by atoms with van der Waals surface area (Å²) in [6, 6.07) is 1.67. The van der Waals surface area contributed by atoms with E-state index in [-0.39, 0.29) is 0 Å². The van der Waals surface area contributed by atoms with Crippen LogP contribution in [0.3, 0.4) is 0 Å². The summed E-state index contributed by atoms with van der Waals surface area (Å²) in [5.41, 5.74) is 0. The van der Waals surface area contributed by atoms with Crippen molar-refractivity contribution in [2.45, 2.75) is 35.1 Å².